The van der Waals surface area contributed by atoms with Crippen molar-refractivity contribution in [2.75, 3.05) is 20.3 Å². The summed E-state index contributed by atoms with van der Waals surface area (Å²) in [6.45, 7) is 6.97. The summed E-state index contributed by atoms with van der Waals surface area (Å²) in [6, 6.07) is 9.70. The summed E-state index contributed by atoms with van der Waals surface area (Å²) in [7, 11) is 1.54. The van der Waals surface area contributed by atoms with Crippen LogP contribution in [0.2, 0.25) is 5.02 Å². The minimum Gasteiger partial charge on any atom is -0.493 e. The lowest BCUT2D eigenvalue weighted by Gasteiger charge is -2.16. The monoisotopic (exact) mass is 477 g/mol. The summed E-state index contributed by atoms with van der Waals surface area (Å²) in [5.74, 6) is 1.91. The Labute approximate surface area is 197 Å². The van der Waals surface area contributed by atoms with Crippen molar-refractivity contribution >= 4 is 51.9 Å². The molecule has 3 rings (SSSR count). The highest BCUT2D eigenvalue weighted by atomic mass is 35.5. The van der Waals surface area contributed by atoms with Crippen molar-refractivity contribution in [2.24, 2.45) is 0 Å². The zero-order valence-electron chi connectivity index (χ0n) is 17.8. The molecule has 1 aliphatic rings. The number of methoxy groups -OCH3 is 1. The number of hydrogen-bond acceptors (Lipinski definition) is 6. The summed E-state index contributed by atoms with van der Waals surface area (Å²) < 4.78 is 17.7. The van der Waals surface area contributed by atoms with E-state index in [-0.39, 0.29) is 5.91 Å². The van der Waals surface area contributed by atoms with Gasteiger partial charge in [-0.15, -0.1) is 0 Å². The van der Waals surface area contributed by atoms with E-state index in [2.05, 4.69) is 31.3 Å². The molecule has 0 unspecified atom stereocenters. The van der Waals surface area contributed by atoms with Gasteiger partial charge in [-0.05, 0) is 53.8 Å². The molecule has 1 amide bonds. The average Bonchev–Trinajstić information content (AvgIpc) is 3.02. The Morgan fingerprint density at radius 3 is 2.55 bits per heavy atom. The van der Waals surface area contributed by atoms with Crippen LogP contribution in [0.15, 0.2) is 35.2 Å². The summed E-state index contributed by atoms with van der Waals surface area (Å²) in [6.07, 6.45) is 1.71. The number of thioether (sulfide) groups is 1. The fraction of sp³-hybridized carbons (Fsp3) is 0.304. The number of benzene rings is 2. The minimum absolute atomic E-state index is 0.223. The predicted octanol–water partition coefficient (Wildman–Crippen LogP) is 5.73. The highest BCUT2D eigenvalue weighted by molar-refractivity contribution is 8.26. The van der Waals surface area contributed by atoms with Crippen LogP contribution >= 0.6 is 35.6 Å². The molecule has 1 N–H and O–H groups in total. The van der Waals surface area contributed by atoms with E-state index in [0.29, 0.717) is 50.4 Å². The fourth-order valence-electron chi connectivity index (χ4n) is 3.07. The molecule has 8 heteroatoms. The number of amides is 1. The van der Waals surface area contributed by atoms with Crippen LogP contribution in [-0.2, 0) is 4.79 Å². The zero-order valence-corrected chi connectivity index (χ0v) is 20.2. The van der Waals surface area contributed by atoms with Crippen molar-refractivity contribution in [2.45, 2.75) is 26.7 Å². The molecule has 2 aromatic carbocycles. The highest BCUT2D eigenvalue weighted by Gasteiger charge is 2.22. The Hall–Kier alpha value is -2.22. The van der Waals surface area contributed by atoms with Crippen LogP contribution in [0.1, 0.15) is 36.5 Å². The number of halogens is 1. The maximum Gasteiger partial charge on any atom is 0.263 e. The number of rotatable bonds is 8. The molecule has 0 radical (unpaired) electrons. The summed E-state index contributed by atoms with van der Waals surface area (Å²) in [5.41, 5.74) is 3.02. The van der Waals surface area contributed by atoms with Gasteiger partial charge in [0.05, 0.1) is 17.0 Å². The number of nitrogens with one attached hydrogen (secondary N) is 1. The molecule has 1 heterocycles. The number of carbonyl (C=O) groups is 1. The maximum atomic E-state index is 11.9. The molecule has 2 aromatic rings. The van der Waals surface area contributed by atoms with Gasteiger partial charge in [0.15, 0.2) is 11.5 Å². The SMILES string of the molecule is COc1cc(C=C2SC(=S)NC2=O)cc(Cl)c1OCCOc1cc(C)ccc1C(C)C. The molecule has 31 heavy (non-hydrogen) atoms. The molecule has 5 nitrogen and oxygen atoms in total. The van der Waals surface area contributed by atoms with E-state index < -0.39 is 0 Å². The topological polar surface area (TPSA) is 56.8 Å². The third-order valence-electron chi connectivity index (χ3n) is 4.57. The van der Waals surface area contributed by atoms with E-state index >= 15 is 0 Å². The van der Waals surface area contributed by atoms with Crippen LogP contribution in [0, 0.1) is 6.92 Å². The van der Waals surface area contributed by atoms with Crippen LogP contribution in [0.4, 0.5) is 0 Å². The molecule has 164 valence electrons. The van der Waals surface area contributed by atoms with Gasteiger partial charge in [0.25, 0.3) is 5.91 Å². The molecule has 0 aliphatic carbocycles. The number of hydrogen-bond donors (Lipinski definition) is 1. The van der Waals surface area contributed by atoms with Gasteiger partial charge in [0.1, 0.15) is 23.3 Å². The number of thiocarbonyl (C=S) groups is 1. The Morgan fingerprint density at radius 1 is 1.16 bits per heavy atom. The van der Waals surface area contributed by atoms with Gasteiger partial charge in [-0.25, -0.2) is 0 Å². The number of ether oxygens (including phenoxy) is 3. The first-order valence-electron chi connectivity index (χ1n) is 9.77. The second-order valence-electron chi connectivity index (χ2n) is 7.28. The first kappa shape index (κ1) is 23.4. The van der Waals surface area contributed by atoms with E-state index in [1.54, 1.807) is 25.3 Å². The molecule has 1 fully saturated rings. The molecule has 1 aliphatic heterocycles. The standard InChI is InChI=1S/C23H24ClNO4S2/c1-13(2)16-6-5-14(3)9-18(16)28-7-8-29-21-17(24)10-15(11-19(21)27-4)12-20-22(26)25-23(30)31-20/h5-6,9-13H,7-8H2,1-4H3,(H,25,26,30). The molecular formula is C23H24ClNO4S2. The number of carbonyl (C=O) groups excluding carboxylic acids is 1. The summed E-state index contributed by atoms with van der Waals surface area (Å²) in [4.78, 5) is 12.4. The van der Waals surface area contributed by atoms with E-state index in [1.165, 1.54) is 11.8 Å². The second-order valence-corrected chi connectivity index (χ2v) is 9.41. The maximum absolute atomic E-state index is 11.9. The predicted molar refractivity (Wildman–Crippen MR) is 131 cm³/mol. The van der Waals surface area contributed by atoms with Gasteiger partial charge in [0.2, 0.25) is 0 Å². The fourth-order valence-corrected chi connectivity index (χ4v) is 4.39. The lowest BCUT2D eigenvalue weighted by Crippen LogP contribution is -2.17. The second kappa shape index (κ2) is 10.4. The number of aryl methyl sites for hydroxylation is 1. The first-order valence-corrected chi connectivity index (χ1v) is 11.4. The van der Waals surface area contributed by atoms with E-state index in [1.807, 2.05) is 13.0 Å². The zero-order chi connectivity index (χ0) is 22.5. The Morgan fingerprint density at radius 2 is 1.90 bits per heavy atom. The van der Waals surface area contributed by atoms with Crippen LogP contribution in [0.25, 0.3) is 6.08 Å². The van der Waals surface area contributed by atoms with Gasteiger partial charge < -0.3 is 19.5 Å². The van der Waals surface area contributed by atoms with Crippen molar-refractivity contribution < 1.29 is 19.0 Å². The Bertz CT molecular complexity index is 1040. The van der Waals surface area contributed by atoms with Gasteiger partial charge in [-0.3, -0.25) is 4.79 Å². The third-order valence-corrected chi connectivity index (χ3v) is 6.01. The quantitative estimate of drug-likeness (QED) is 0.298. The molecule has 1 saturated heterocycles. The van der Waals surface area contributed by atoms with Crippen LogP contribution in [-0.4, -0.2) is 30.6 Å². The Kier molecular flexibility index (Phi) is 7.86. The van der Waals surface area contributed by atoms with E-state index in [9.17, 15) is 4.79 Å². The van der Waals surface area contributed by atoms with Crippen molar-refractivity contribution in [3.05, 3.63) is 56.9 Å². The van der Waals surface area contributed by atoms with E-state index in [0.717, 1.165) is 16.9 Å². The van der Waals surface area contributed by atoms with E-state index in [4.69, 9.17) is 38.0 Å². The van der Waals surface area contributed by atoms with Crippen molar-refractivity contribution in [3.8, 4) is 17.2 Å². The van der Waals surface area contributed by atoms with Gasteiger partial charge >= 0.3 is 0 Å². The summed E-state index contributed by atoms with van der Waals surface area (Å²) in [5, 5.41) is 2.97. The van der Waals surface area contributed by atoms with Gasteiger partial charge in [0, 0.05) is 0 Å². The van der Waals surface area contributed by atoms with Crippen molar-refractivity contribution in [3.63, 3.8) is 0 Å². The Balaban J connectivity index is 1.69. The third kappa shape index (κ3) is 5.93. The molecule has 0 bridgehead atoms. The normalized spacial score (nSPS) is 14.8. The molecule has 0 aromatic heterocycles. The molecule has 0 spiro atoms. The molecular weight excluding hydrogens is 454 g/mol. The highest BCUT2D eigenvalue weighted by Crippen LogP contribution is 2.38. The van der Waals surface area contributed by atoms with Crippen LogP contribution in [0.5, 0.6) is 17.2 Å². The molecule has 0 saturated carbocycles. The minimum atomic E-state index is -0.223. The van der Waals surface area contributed by atoms with Gasteiger partial charge in [-0.1, -0.05) is 61.6 Å². The van der Waals surface area contributed by atoms with Crippen molar-refractivity contribution in [1.82, 2.24) is 5.32 Å². The largest absolute Gasteiger partial charge is 0.493 e. The average molecular weight is 478 g/mol. The van der Waals surface area contributed by atoms with Crippen LogP contribution in [0.3, 0.4) is 0 Å². The first-order chi connectivity index (χ1) is 14.8. The lowest BCUT2D eigenvalue weighted by atomic mass is 10.0. The smallest absolute Gasteiger partial charge is 0.263 e. The van der Waals surface area contributed by atoms with Crippen LogP contribution < -0.4 is 19.5 Å². The lowest BCUT2D eigenvalue weighted by molar-refractivity contribution is -0.115. The van der Waals surface area contributed by atoms with Crippen molar-refractivity contribution in [1.29, 1.82) is 0 Å². The summed E-state index contributed by atoms with van der Waals surface area (Å²) >= 11 is 12.7. The molecule has 0 atom stereocenters. The van der Waals surface area contributed by atoms with Gasteiger partial charge in [-0.2, -0.15) is 0 Å².